The van der Waals surface area contributed by atoms with Crippen molar-refractivity contribution in [3.05, 3.63) is 0 Å². The summed E-state index contributed by atoms with van der Waals surface area (Å²) in [7, 11) is 0. The average Bonchev–Trinajstić information content (AvgIpc) is 2.15. The summed E-state index contributed by atoms with van der Waals surface area (Å²) >= 11 is 0. The molecular weight excluding hydrogens is 194 g/mol. The lowest BCUT2D eigenvalue weighted by atomic mass is 10.1. The first kappa shape index (κ1) is 14.1. The van der Waals surface area contributed by atoms with Gasteiger partial charge in [-0.25, -0.2) is 0 Å². The van der Waals surface area contributed by atoms with Crippen molar-refractivity contribution in [1.82, 2.24) is 5.32 Å². The van der Waals surface area contributed by atoms with Crippen molar-refractivity contribution in [2.24, 2.45) is 5.92 Å². The van der Waals surface area contributed by atoms with Gasteiger partial charge in [0.25, 0.3) is 0 Å². The van der Waals surface area contributed by atoms with E-state index in [4.69, 9.17) is 4.74 Å². The lowest BCUT2D eigenvalue weighted by Crippen LogP contribution is -2.28. The molecule has 0 unspecified atom stereocenters. The highest BCUT2D eigenvalue weighted by Gasteiger charge is 2.03. The molecule has 4 heteroatoms. The molecule has 0 atom stereocenters. The molecule has 0 saturated heterocycles. The van der Waals surface area contributed by atoms with Crippen LogP contribution in [-0.4, -0.2) is 31.4 Å². The van der Waals surface area contributed by atoms with Gasteiger partial charge < -0.3 is 10.1 Å². The first-order valence-electron chi connectivity index (χ1n) is 5.42. The van der Waals surface area contributed by atoms with Gasteiger partial charge in [0.2, 0.25) is 5.91 Å². The van der Waals surface area contributed by atoms with E-state index < -0.39 is 0 Å². The maximum absolute atomic E-state index is 11.2. The van der Waals surface area contributed by atoms with E-state index in [-0.39, 0.29) is 18.3 Å². The Morgan fingerprint density at radius 1 is 1.33 bits per heavy atom. The van der Waals surface area contributed by atoms with Gasteiger partial charge in [0.05, 0.1) is 6.61 Å². The van der Waals surface area contributed by atoms with E-state index >= 15 is 0 Å². The number of nitrogens with one attached hydrogen (secondary N) is 1. The topological polar surface area (TPSA) is 55.4 Å². The van der Waals surface area contributed by atoms with E-state index in [1.807, 2.05) is 13.8 Å². The summed E-state index contributed by atoms with van der Waals surface area (Å²) in [4.78, 5) is 22.0. The molecule has 0 radical (unpaired) electrons. The summed E-state index contributed by atoms with van der Waals surface area (Å²) in [5.41, 5.74) is 0. The summed E-state index contributed by atoms with van der Waals surface area (Å²) < 4.78 is 5.08. The maximum atomic E-state index is 11.2. The fourth-order valence-corrected chi connectivity index (χ4v) is 0.994. The Hall–Kier alpha value is -0.900. The van der Waals surface area contributed by atoms with Gasteiger partial charge in [-0.05, 0) is 5.92 Å². The number of amides is 1. The van der Waals surface area contributed by atoms with Crippen molar-refractivity contribution in [2.75, 3.05) is 19.8 Å². The van der Waals surface area contributed by atoms with Crippen LogP contribution in [0.15, 0.2) is 0 Å². The molecule has 0 heterocycles. The summed E-state index contributed by atoms with van der Waals surface area (Å²) in [6.45, 7) is 6.82. The number of rotatable bonds is 8. The van der Waals surface area contributed by atoms with Crippen LogP contribution >= 0.6 is 0 Å². The van der Waals surface area contributed by atoms with Gasteiger partial charge in [0.1, 0.15) is 6.61 Å². The number of carbonyl (C=O) groups is 2. The number of ether oxygens (including phenoxy) is 1. The molecule has 0 rings (SSSR count). The monoisotopic (exact) mass is 215 g/mol. The Morgan fingerprint density at radius 3 is 2.53 bits per heavy atom. The first-order valence-corrected chi connectivity index (χ1v) is 5.42. The molecule has 0 saturated carbocycles. The molecular formula is C11H21NO3. The predicted molar refractivity (Wildman–Crippen MR) is 58.6 cm³/mol. The summed E-state index contributed by atoms with van der Waals surface area (Å²) in [6.07, 6.45) is 1.04. The molecule has 0 bridgehead atoms. The smallest absolute Gasteiger partial charge is 0.220 e. The van der Waals surface area contributed by atoms with E-state index in [2.05, 4.69) is 5.32 Å². The molecule has 88 valence electrons. The Kier molecular flexibility index (Phi) is 7.91. The molecule has 0 aromatic heterocycles. The van der Waals surface area contributed by atoms with Crippen LogP contribution in [0.5, 0.6) is 0 Å². The number of Topliss-reactive ketones (excluding diaryl/α,β-unsaturated/α-hetero) is 1. The fraction of sp³-hybridized carbons (Fsp3) is 0.818. The van der Waals surface area contributed by atoms with Crippen LogP contribution in [0.2, 0.25) is 0 Å². The molecule has 15 heavy (non-hydrogen) atoms. The maximum Gasteiger partial charge on any atom is 0.220 e. The van der Waals surface area contributed by atoms with Gasteiger partial charge in [-0.15, -0.1) is 0 Å². The van der Waals surface area contributed by atoms with Gasteiger partial charge in [-0.3, -0.25) is 9.59 Å². The lowest BCUT2D eigenvalue weighted by Gasteiger charge is -2.07. The van der Waals surface area contributed by atoms with Crippen molar-refractivity contribution < 1.29 is 14.3 Å². The third kappa shape index (κ3) is 9.41. The van der Waals surface area contributed by atoms with Crippen LogP contribution in [0.1, 0.15) is 33.6 Å². The molecule has 0 spiro atoms. The Balaban J connectivity index is 3.31. The van der Waals surface area contributed by atoms with Gasteiger partial charge in [-0.1, -0.05) is 20.8 Å². The molecule has 4 nitrogen and oxygen atoms in total. The van der Waals surface area contributed by atoms with Gasteiger partial charge in [0.15, 0.2) is 5.78 Å². The van der Waals surface area contributed by atoms with E-state index in [0.717, 1.165) is 0 Å². The van der Waals surface area contributed by atoms with Crippen LogP contribution in [0.3, 0.4) is 0 Å². The molecule has 0 aromatic rings. The van der Waals surface area contributed by atoms with Crippen molar-refractivity contribution in [2.45, 2.75) is 33.6 Å². The van der Waals surface area contributed by atoms with Crippen molar-refractivity contribution >= 4 is 11.7 Å². The number of hydrogen-bond donors (Lipinski definition) is 1. The quantitative estimate of drug-likeness (QED) is 0.618. The zero-order chi connectivity index (χ0) is 11.7. The highest BCUT2D eigenvalue weighted by Crippen LogP contribution is 1.97. The summed E-state index contributed by atoms with van der Waals surface area (Å²) in [6, 6.07) is 0. The third-order valence-corrected chi connectivity index (χ3v) is 1.82. The minimum Gasteiger partial charge on any atom is -0.372 e. The Morgan fingerprint density at radius 2 is 2.00 bits per heavy atom. The largest absolute Gasteiger partial charge is 0.372 e. The SMILES string of the molecule is CCC(=O)COCCNC(=O)CC(C)C. The van der Waals surface area contributed by atoms with Crippen molar-refractivity contribution in [3.8, 4) is 0 Å². The van der Waals surface area contributed by atoms with E-state index in [9.17, 15) is 9.59 Å². The normalized spacial score (nSPS) is 10.4. The molecule has 1 N–H and O–H groups in total. The van der Waals surface area contributed by atoms with E-state index in [0.29, 0.717) is 31.9 Å². The highest BCUT2D eigenvalue weighted by molar-refractivity contribution is 5.79. The van der Waals surface area contributed by atoms with Gasteiger partial charge in [-0.2, -0.15) is 0 Å². The number of hydrogen-bond acceptors (Lipinski definition) is 3. The van der Waals surface area contributed by atoms with E-state index in [1.165, 1.54) is 0 Å². The highest BCUT2D eigenvalue weighted by atomic mass is 16.5. The van der Waals surface area contributed by atoms with Crippen LogP contribution < -0.4 is 5.32 Å². The first-order chi connectivity index (χ1) is 7.06. The zero-order valence-corrected chi connectivity index (χ0v) is 9.84. The second-order valence-electron chi connectivity index (χ2n) is 3.89. The van der Waals surface area contributed by atoms with Crippen LogP contribution in [0, 0.1) is 5.92 Å². The third-order valence-electron chi connectivity index (χ3n) is 1.82. The minimum absolute atomic E-state index is 0.0374. The second-order valence-corrected chi connectivity index (χ2v) is 3.89. The number of ketones is 1. The minimum atomic E-state index is 0.0374. The molecule has 0 aliphatic rings. The van der Waals surface area contributed by atoms with Crippen molar-refractivity contribution in [1.29, 1.82) is 0 Å². The molecule has 0 aliphatic carbocycles. The fourth-order valence-electron chi connectivity index (χ4n) is 0.994. The Bertz CT molecular complexity index is 202. The molecule has 0 aliphatic heterocycles. The summed E-state index contributed by atoms with van der Waals surface area (Å²) in [5, 5.41) is 2.73. The van der Waals surface area contributed by atoms with Crippen molar-refractivity contribution in [3.63, 3.8) is 0 Å². The average molecular weight is 215 g/mol. The van der Waals surface area contributed by atoms with Gasteiger partial charge >= 0.3 is 0 Å². The van der Waals surface area contributed by atoms with Crippen LogP contribution in [0.25, 0.3) is 0 Å². The second kappa shape index (κ2) is 8.41. The van der Waals surface area contributed by atoms with Gasteiger partial charge in [0, 0.05) is 19.4 Å². The zero-order valence-electron chi connectivity index (χ0n) is 9.84. The predicted octanol–water partition coefficient (Wildman–Crippen LogP) is 1.14. The lowest BCUT2D eigenvalue weighted by molar-refractivity contribution is -0.123. The standard InChI is InChI=1S/C11H21NO3/c1-4-10(13)8-15-6-5-12-11(14)7-9(2)3/h9H,4-8H2,1-3H3,(H,12,14). The number of carbonyl (C=O) groups excluding carboxylic acids is 2. The molecule has 0 fully saturated rings. The molecule has 0 aromatic carbocycles. The Labute approximate surface area is 91.4 Å². The van der Waals surface area contributed by atoms with E-state index in [1.54, 1.807) is 6.92 Å². The van der Waals surface area contributed by atoms with Crippen LogP contribution in [0.4, 0.5) is 0 Å². The van der Waals surface area contributed by atoms with Crippen LogP contribution in [-0.2, 0) is 14.3 Å². The molecule has 1 amide bonds. The summed E-state index contributed by atoms with van der Waals surface area (Å²) in [5.74, 6) is 0.492.